The molecule has 0 aromatic heterocycles. The number of hydrogen-bond donors (Lipinski definition) is 1. The van der Waals surface area contributed by atoms with E-state index in [9.17, 15) is 14.7 Å². The maximum atomic E-state index is 12.8. The number of benzene rings is 2. The second-order valence-corrected chi connectivity index (χ2v) is 7.27. The van der Waals surface area contributed by atoms with Crippen LogP contribution in [0, 0.1) is 0 Å². The monoisotopic (exact) mass is 425 g/mol. The molecule has 0 spiro atoms. The van der Waals surface area contributed by atoms with Crippen LogP contribution in [0.3, 0.4) is 0 Å². The lowest BCUT2D eigenvalue weighted by atomic mass is 9.96. The summed E-state index contributed by atoms with van der Waals surface area (Å²) in [6.07, 6.45) is 0.492. The fourth-order valence-electron chi connectivity index (χ4n) is 3.96. The third kappa shape index (κ3) is 3.65. The first-order valence-corrected chi connectivity index (χ1v) is 9.80. The molecule has 0 saturated heterocycles. The van der Waals surface area contributed by atoms with Gasteiger partial charge in [0.15, 0.2) is 34.5 Å². The molecule has 1 atom stereocenters. The molecule has 0 saturated carbocycles. The van der Waals surface area contributed by atoms with E-state index in [2.05, 4.69) is 0 Å². The van der Waals surface area contributed by atoms with Gasteiger partial charge in [-0.1, -0.05) is 12.1 Å². The molecule has 1 amide bonds. The molecule has 4 rings (SSSR count). The van der Waals surface area contributed by atoms with Gasteiger partial charge in [-0.15, -0.1) is 0 Å². The number of hydrogen-bond acceptors (Lipinski definition) is 7. The molecule has 2 aromatic rings. The van der Waals surface area contributed by atoms with Crippen molar-refractivity contribution in [1.29, 1.82) is 0 Å². The molecule has 0 fully saturated rings. The summed E-state index contributed by atoms with van der Waals surface area (Å²) < 4.78 is 21.4. The zero-order valence-electron chi connectivity index (χ0n) is 17.5. The Bertz CT molecular complexity index is 1080. The van der Waals surface area contributed by atoms with Crippen molar-refractivity contribution in [2.24, 2.45) is 0 Å². The minimum absolute atomic E-state index is 0.0798. The molecule has 0 radical (unpaired) electrons. The number of aliphatic hydroxyl groups excluding tert-OH is 1. The van der Waals surface area contributed by atoms with E-state index in [0.29, 0.717) is 35.0 Å². The molecule has 2 aliphatic heterocycles. The third-order valence-corrected chi connectivity index (χ3v) is 5.48. The van der Waals surface area contributed by atoms with Gasteiger partial charge < -0.3 is 29.0 Å². The van der Waals surface area contributed by atoms with Gasteiger partial charge in [0.2, 0.25) is 6.79 Å². The molecule has 2 heterocycles. The zero-order chi connectivity index (χ0) is 22.1. The van der Waals surface area contributed by atoms with E-state index in [0.717, 1.165) is 5.56 Å². The van der Waals surface area contributed by atoms with Gasteiger partial charge in [0.1, 0.15) is 0 Å². The quantitative estimate of drug-likeness (QED) is 0.729. The van der Waals surface area contributed by atoms with Gasteiger partial charge in [-0.05, 0) is 48.7 Å². The molecule has 1 N–H and O–H groups in total. The average molecular weight is 425 g/mol. The van der Waals surface area contributed by atoms with Crippen LogP contribution in [0.1, 0.15) is 24.1 Å². The van der Waals surface area contributed by atoms with Crippen LogP contribution in [0.4, 0.5) is 0 Å². The molecule has 0 aliphatic carbocycles. The molecule has 0 bridgehead atoms. The number of aliphatic hydroxyl groups is 1. The van der Waals surface area contributed by atoms with Gasteiger partial charge in [0.05, 0.1) is 25.8 Å². The predicted molar refractivity (Wildman–Crippen MR) is 111 cm³/mol. The van der Waals surface area contributed by atoms with E-state index in [1.807, 2.05) is 12.1 Å². The summed E-state index contributed by atoms with van der Waals surface area (Å²) in [5.74, 6) is 0.893. The summed E-state index contributed by atoms with van der Waals surface area (Å²) in [6.45, 7) is 1.75. The highest BCUT2D eigenvalue weighted by atomic mass is 16.7. The van der Waals surface area contributed by atoms with Gasteiger partial charge in [-0.3, -0.25) is 9.59 Å². The number of ether oxygens (including phenoxy) is 4. The highest BCUT2D eigenvalue weighted by Gasteiger charge is 2.42. The van der Waals surface area contributed by atoms with Crippen molar-refractivity contribution in [3.8, 4) is 23.0 Å². The molecule has 31 heavy (non-hydrogen) atoms. The predicted octanol–water partition coefficient (Wildman–Crippen LogP) is 2.96. The Morgan fingerprint density at radius 1 is 1.10 bits per heavy atom. The maximum absolute atomic E-state index is 12.8. The lowest BCUT2D eigenvalue weighted by Crippen LogP contribution is -2.32. The molecule has 1 unspecified atom stereocenters. The zero-order valence-corrected chi connectivity index (χ0v) is 17.5. The Morgan fingerprint density at radius 2 is 1.84 bits per heavy atom. The number of amides is 1. The fraction of sp³-hybridized carbons (Fsp3) is 0.304. The van der Waals surface area contributed by atoms with Crippen LogP contribution in [0.25, 0.3) is 0 Å². The van der Waals surface area contributed by atoms with Gasteiger partial charge in [0, 0.05) is 6.54 Å². The number of carbonyl (C=O) groups is 2. The van der Waals surface area contributed by atoms with Crippen LogP contribution in [-0.2, 0) is 16.0 Å². The minimum Gasteiger partial charge on any atom is -0.503 e. The SMILES string of the molecule is COc1ccc(CCN2C(=O)C(O)=C(C(C)=O)C2c2ccc3c(c2)OCO3)cc1OC. The third-order valence-electron chi connectivity index (χ3n) is 5.48. The topological polar surface area (TPSA) is 94.5 Å². The number of nitrogens with zero attached hydrogens (tertiary/aromatic N) is 1. The van der Waals surface area contributed by atoms with Crippen molar-refractivity contribution in [2.45, 2.75) is 19.4 Å². The van der Waals surface area contributed by atoms with E-state index in [-0.39, 0.29) is 24.7 Å². The number of Topliss-reactive ketones (excluding diaryl/α,β-unsaturated/α-hetero) is 1. The van der Waals surface area contributed by atoms with Crippen LogP contribution in [0.5, 0.6) is 23.0 Å². The van der Waals surface area contributed by atoms with E-state index in [1.54, 1.807) is 38.5 Å². The van der Waals surface area contributed by atoms with Gasteiger partial charge >= 0.3 is 0 Å². The summed E-state index contributed by atoms with van der Waals surface area (Å²) in [6, 6.07) is 10.1. The van der Waals surface area contributed by atoms with E-state index < -0.39 is 17.7 Å². The van der Waals surface area contributed by atoms with Gasteiger partial charge in [-0.2, -0.15) is 0 Å². The van der Waals surface area contributed by atoms with Crippen molar-refractivity contribution < 1.29 is 33.6 Å². The summed E-state index contributed by atoms with van der Waals surface area (Å²) >= 11 is 0. The first-order valence-electron chi connectivity index (χ1n) is 9.80. The van der Waals surface area contributed by atoms with E-state index in [4.69, 9.17) is 18.9 Å². The Balaban J connectivity index is 1.64. The molecule has 8 nitrogen and oxygen atoms in total. The lowest BCUT2D eigenvalue weighted by Gasteiger charge is -2.27. The van der Waals surface area contributed by atoms with Crippen molar-refractivity contribution in [2.75, 3.05) is 27.6 Å². The summed E-state index contributed by atoms with van der Waals surface area (Å²) in [4.78, 5) is 26.7. The van der Waals surface area contributed by atoms with Crippen molar-refractivity contribution >= 4 is 11.7 Å². The van der Waals surface area contributed by atoms with Crippen LogP contribution in [-0.4, -0.2) is 49.3 Å². The molecule has 162 valence electrons. The number of fused-ring (bicyclic) bond motifs is 1. The van der Waals surface area contributed by atoms with E-state index >= 15 is 0 Å². The van der Waals surface area contributed by atoms with Crippen LogP contribution in [0.15, 0.2) is 47.7 Å². The first kappa shape index (κ1) is 20.6. The second kappa shape index (κ2) is 8.22. The number of ketones is 1. The van der Waals surface area contributed by atoms with Crippen LogP contribution in [0.2, 0.25) is 0 Å². The highest BCUT2D eigenvalue weighted by Crippen LogP contribution is 2.42. The molecule has 8 heteroatoms. The van der Waals surface area contributed by atoms with Crippen LogP contribution < -0.4 is 18.9 Å². The van der Waals surface area contributed by atoms with Gasteiger partial charge in [0.25, 0.3) is 5.91 Å². The normalized spacial score (nSPS) is 17.3. The molecule has 2 aliphatic rings. The Kier molecular flexibility index (Phi) is 5.46. The highest BCUT2D eigenvalue weighted by molar-refractivity contribution is 6.08. The van der Waals surface area contributed by atoms with Gasteiger partial charge in [-0.25, -0.2) is 0 Å². The maximum Gasteiger partial charge on any atom is 0.290 e. The Hall–Kier alpha value is -3.68. The smallest absolute Gasteiger partial charge is 0.290 e. The second-order valence-electron chi connectivity index (χ2n) is 7.27. The van der Waals surface area contributed by atoms with Crippen molar-refractivity contribution in [3.05, 3.63) is 58.9 Å². The summed E-state index contributed by atoms with van der Waals surface area (Å²) in [5, 5.41) is 10.4. The van der Waals surface area contributed by atoms with Crippen molar-refractivity contribution in [3.63, 3.8) is 0 Å². The van der Waals surface area contributed by atoms with E-state index in [1.165, 1.54) is 11.8 Å². The lowest BCUT2D eigenvalue weighted by molar-refractivity contribution is -0.129. The molecular formula is C23H23NO7. The first-order chi connectivity index (χ1) is 14.9. The summed E-state index contributed by atoms with van der Waals surface area (Å²) in [5.41, 5.74) is 1.67. The molecule has 2 aromatic carbocycles. The standard InChI is InChI=1S/C23H23NO7/c1-13(25)20-21(15-5-7-17-19(11-15)31-12-30-17)24(23(27)22(20)26)9-8-14-4-6-16(28-2)18(10-14)29-3/h4-7,10-11,21,26H,8-9,12H2,1-3H3. The number of methoxy groups -OCH3 is 2. The summed E-state index contributed by atoms with van der Waals surface area (Å²) in [7, 11) is 3.12. The fourth-order valence-corrected chi connectivity index (χ4v) is 3.96. The Morgan fingerprint density at radius 3 is 2.55 bits per heavy atom. The van der Waals surface area contributed by atoms with Crippen LogP contribution >= 0.6 is 0 Å². The number of carbonyl (C=O) groups excluding carboxylic acids is 2. The minimum atomic E-state index is -0.709. The van der Waals surface area contributed by atoms with Crippen molar-refractivity contribution in [1.82, 2.24) is 4.90 Å². The Labute approximate surface area is 179 Å². The molecular weight excluding hydrogens is 402 g/mol. The average Bonchev–Trinajstić information content (AvgIpc) is 3.34. The number of rotatable bonds is 7. The largest absolute Gasteiger partial charge is 0.503 e.